The summed E-state index contributed by atoms with van der Waals surface area (Å²) >= 11 is 6.00. The summed E-state index contributed by atoms with van der Waals surface area (Å²) in [6.07, 6.45) is -0.103. The van der Waals surface area contributed by atoms with Gasteiger partial charge in [-0.2, -0.15) is 0 Å². The molecule has 0 bridgehead atoms. The van der Waals surface area contributed by atoms with Crippen LogP contribution in [-0.2, 0) is 16.1 Å². The van der Waals surface area contributed by atoms with E-state index in [1.165, 1.54) is 6.92 Å². The molecule has 0 spiro atoms. The minimum absolute atomic E-state index is 0.103. The van der Waals surface area contributed by atoms with E-state index >= 15 is 0 Å². The summed E-state index contributed by atoms with van der Waals surface area (Å²) in [7, 11) is 1.56. The first-order chi connectivity index (χ1) is 8.02. The summed E-state index contributed by atoms with van der Waals surface area (Å²) in [6.45, 7) is 1.68. The fourth-order valence-corrected chi connectivity index (χ4v) is 1.52. The van der Waals surface area contributed by atoms with Crippen LogP contribution in [0, 0.1) is 0 Å². The molecule has 1 aromatic carbocycles. The second-order valence-electron chi connectivity index (χ2n) is 3.61. The molecule has 0 aliphatic heterocycles. The fraction of sp³-hybridized carbons (Fsp3) is 0.333. The number of benzene rings is 1. The lowest BCUT2D eigenvalue weighted by molar-refractivity contribution is -0.127. The number of rotatable bonds is 5. The quantitative estimate of drug-likeness (QED) is 0.818. The first-order valence-electron chi connectivity index (χ1n) is 5.11. The molecule has 1 aromatic rings. The van der Waals surface area contributed by atoms with Crippen LogP contribution in [0.25, 0.3) is 0 Å². The highest BCUT2D eigenvalue weighted by Gasteiger charge is 2.07. The smallest absolute Gasteiger partial charge is 0.227 e. The number of amides is 1. The number of hydrogen-bond donors (Lipinski definition) is 1. The molecule has 0 fully saturated rings. The highest BCUT2D eigenvalue weighted by molar-refractivity contribution is 6.31. The molecule has 0 saturated carbocycles. The predicted molar refractivity (Wildman–Crippen MR) is 65.1 cm³/mol. The maximum Gasteiger partial charge on any atom is 0.227 e. The minimum Gasteiger partial charge on any atom is -0.497 e. The maximum atomic E-state index is 11.3. The summed E-state index contributed by atoms with van der Waals surface area (Å²) < 4.78 is 5.01. The van der Waals surface area contributed by atoms with Crippen molar-refractivity contribution in [1.82, 2.24) is 5.32 Å². The molecule has 1 rings (SSSR count). The standard InChI is InChI=1S/C12H14ClNO3/c1-8(15)5-12(16)14-7-9-3-4-10(17-2)6-11(9)13/h3-4,6H,5,7H2,1-2H3,(H,14,16). The molecule has 1 amide bonds. The van der Waals surface area contributed by atoms with Gasteiger partial charge in [0, 0.05) is 11.6 Å². The van der Waals surface area contributed by atoms with Crippen LogP contribution in [0.1, 0.15) is 18.9 Å². The number of nitrogens with one attached hydrogen (secondary N) is 1. The Hall–Kier alpha value is -1.55. The van der Waals surface area contributed by atoms with E-state index in [2.05, 4.69) is 5.32 Å². The van der Waals surface area contributed by atoms with E-state index < -0.39 is 0 Å². The molecular weight excluding hydrogens is 242 g/mol. The number of carbonyl (C=O) groups is 2. The molecule has 1 N–H and O–H groups in total. The molecule has 0 aliphatic carbocycles. The van der Waals surface area contributed by atoms with E-state index in [0.717, 1.165) is 5.56 Å². The second-order valence-corrected chi connectivity index (χ2v) is 4.02. The zero-order chi connectivity index (χ0) is 12.8. The molecule has 5 heteroatoms. The van der Waals surface area contributed by atoms with Crippen LogP contribution in [0.5, 0.6) is 5.75 Å². The lowest BCUT2D eigenvalue weighted by Gasteiger charge is -2.07. The minimum atomic E-state index is -0.301. The zero-order valence-electron chi connectivity index (χ0n) is 9.75. The van der Waals surface area contributed by atoms with Gasteiger partial charge in [-0.25, -0.2) is 0 Å². The molecule has 0 radical (unpaired) electrons. The van der Waals surface area contributed by atoms with E-state index in [4.69, 9.17) is 16.3 Å². The number of ether oxygens (including phenoxy) is 1. The van der Waals surface area contributed by atoms with Crippen LogP contribution >= 0.6 is 11.6 Å². The number of carbonyl (C=O) groups excluding carboxylic acids is 2. The molecule has 92 valence electrons. The van der Waals surface area contributed by atoms with Gasteiger partial charge in [0.15, 0.2) is 0 Å². The highest BCUT2D eigenvalue weighted by atomic mass is 35.5. The second kappa shape index (κ2) is 6.25. The summed E-state index contributed by atoms with van der Waals surface area (Å²) in [4.78, 5) is 22.0. The van der Waals surface area contributed by atoms with Gasteiger partial charge in [0.1, 0.15) is 11.5 Å². The topological polar surface area (TPSA) is 55.4 Å². The average Bonchev–Trinajstić information content (AvgIpc) is 2.26. The number of halogens is 1. The van der Waals surface area contributed by atoms with Crippen LogP contribution in [0.4, 0.5) is 0 Å². The Labute approximate surface area is 105 Å². The van der Waals surface area contributed by atoms with Crippen molar-refractivity contribution < 1.29 is 14.3 Å². The number of methoxy groups -OCH3 is 1. The third-order valence-electron chi connectivity index (χ3n) is 2.15. The van der Waals surface area contributed by atoms with E-state index in [1.54, 1.807) is 25.3 Å². The third-order valence-corrected chi connectivity index (χ3v) is 2.50. The lowest BCUT2D eigenvalue weighted by atomic mass is 10.2. The van der Waals surface area contributed by atoms with Gasteiger partial charge in [0.25, 0.3) is 0 Å². The number of ketones is 1. The zero-order valence-corrected chi connectivity index (χ0v) is 10.5. The Morgan fingerprint density at radius 2 is 2.12 bits per heavy atom. The van der Waals surface area contributed by atoms with Gasteiger partial charge in [-0.3, -0.25) is 9.59 Å². The first-order valence-corrected chi connectivity index (χ1v) is 5.49. The summed E-state index contributed by atoms with van der Waals surface area (Å²) in [6, 6.07) is 5.21. The Kier molecular flexibility index (Phi) is 4.97. The summed E-state index contributed by atoms with van der Waals surface area (Å²) in [5.74, 6) is 0.196. The monoisotopic (exact) mass is 255 g/mol. The lowest BCUT2D eigenvalue weighted by Crippen LogP contribution is -2.24. The van der Waals surface area contributed by atoms with Gasteiger partial charge < -0.3 is 10.1 Å². The predicted octanol–water partition coefficient (Wildman–Crippen LogP) is 1.94. The fourth-order valence-electron chi connectivity index (χ4n) is 1.28. The van der Waals surface area contributed by atoms with Crippen molar-refractivity contribution in [2.75, 3.05) is 7.11 Å². The first kappa shape index (κ1) is 13.5. The van der Waals surface area contributed by atoms with Crippen LogP contribution < -0.4 is 10.1 Å². The Morgan fingerprint density at radius 1 is 1.41 bits per heavy atom. The normalized spacial score (nSPS) is 9.82. The van der Waals surface area contributed by atoms with Crippen LogP contribution in [-0.4, -0.2) is 18.8 Å². The van der Waals surface area contributed by atoms with Crippen molar-refractivity contribution in [2.24, 2.45) is 0 Å². The molecule has 0 heterocycles. The van der Waals surface area contributed by atoms with Crippen molar-refractivity contribution in [1.29, 1.82) is 0 Å². The van der Waals surface area contributed by atoms with Gasteiger partial charge in [-0.15, -0.1) is 0 Å². The largest absolute Gasteiger partial charge is 0.497 e. The Morgan fingerprint density at radius 3 is 2.65 bits per heavy atom. The van der Waals surface area contributed by atoms with Crippen molar-refractivity contribution in [3.05, 3.63) is 28.8 Å². The van der Waals surface area contributed by atoms with Crippen LogP contribution in [0.3, 0.4) is 0 Å². The van der Waals surface area contributed by atoms with E-state index in [0.29, 0.717) is 17.3 Å². The highest BCUT2D eigenvalue weighted by Crippen LogP contribution is 2.22. The Bertz CT molecular complexity index is 432. The number of Topliss-reactive ketones (excluding diaryl/α,β-unsaturated/α-hetero) is 1. The van der Waals surface area contributed by atoms with Crippen molar-refractivity contribution in [3.63, 3.8) is 0 Å². The molecule has 4 nitrogen and oxygen atoms in total. The third kappa shape index (κ3) is 4.44. The van der Waals surface area contributed by atoms with Crippen molar-refractivity contribution in [2.45, 2.75) is 19.9 Å². The van der Waals surface area contributed by atoms with Crippen LogP contribution in [0.2, 0.25) is 5.02 Å². The summed E-state index contributed by atoms with van der Waals surface area (Å²) in [5, 5.41) is 3.14. The Balaban J connectivity index is 2.57. The molecule has 0 aliphatic rings. The van der Waals surface area contributed by atoms with Gasteiger partial charge in [-0.1, -0.05) is 17.7 Å². The molecule has 0 saturated heterocycles. The number of hydrogen-bond acceptors (Lipinski definition) is 3. The van der Waals surface area contributed by atoms with Gasteiger partial charge in [-0.05, 0) is 24.6 Å². The van der Waals surface area contributed by atoms with Gasteiger partial charge in [0.05, 0.1) is 13.5 Å². The molecule has 17 heavy (non-hydrogen) atoms. The molecule has 0 atom stereocenters. The van der Waals surface area contributed by atoms with E-state index in [9.17, 15) is 9.59 Å². The molecule has 0 unspecified atom stereocenters. The maximum absolute atomic E-state index is 11.3. The van der Waals surface area contributed by atoms with Gasteiger partial charge in [0.2, 0.25) is 5.91 Å². The van der Waals surface area contributed by atoms with Crippen molar-refractivity contribution in [3.8, 4) is 5.75 Å². The SMILES string of the molecule is COc1ccc(CNC(=O)CC(C)=O)c(Cl)c1. The van der Waals surface area contributed by atoms with Crippen molar-refractivity contribution >= 4 is 23.3 Å². The summed E-state index contributed by atoms with van der Waals surface area (Å²) in [5.41, 5.74) is 0.782. The van der Waals surface area contributed by atoms with Crippen LogP contribution in [0.15, 0.2) is 18.2 Å². The van der Waals surface area contributed by atoms with E-state index in [1.807, 2.05) is 0 Å². The molecule has 0 aromatic heterocycles. The van der Waals surface area contributed by atoms with Gasteiger partial charge >= 0.3 is 0 Å². The van der Waals surface area contributed by atoms with E-state index in [-0.39, 0.29) is 18.1 Å². The molecular formula is C12H14ClNO3. The average molecular weight is 256 g/mol.